The highest BCUT2D eigenvalue weighted by Crippen LogP contribution is 2.28. The molecule has 9 heteroatoms. The molecular weight excluding hydrogens is 383 g/mol. The summed E-state index contributed by atoms with van der Waals surface area (Å²) in [5.74, 6) is 1.45. The minimum Gasteiger partial charge on any atom is -0.354 e. The zero-order chi connectivity index (χ0) is 18.4. The maximum absolute atomic E-state index is 13.4. The van der Waals surface area contributed by atoms with Gasteiger partial charge in [0, 0.05) is 30.7 Å². The van der Waals surface area contributed by atoms with E-state index in [4.69, 9.17) is 0 Å². The molecule has 0 radical (unpaired) electrons. The summed E-state index contributed by atoms with van der Waals surface area (Å²) in [7, 11) is 0. The number of aromatic nitrogens is 4. The zero-order valence-electron chi connectivity index (χ0n) is 14.9. The number of hydrogen-bond donors (Lipinski definition) is 0. The Balaban J connectivity index is 0.00000192. The van der Waals surface area contributed by atoms with Crippen molar-refractivity contribution >= 4 is 29.9 Å². The maximum Gasteiger partial charge on any atom is 0.334 e. The fourth-order valence-electron chi connectivity index (χ4n) is 3.54. The molecule has 7 nitrogen and oxygen atoms in total. The van der Waals surface area contributed by atoms with E-state index in [2.05, 4.69) is 15.0 Å². The van der Waals surface area contributed by atoms with Crippen molar-refractivity contribution < 1.29 is 9.18 Å². The van der Waals surface area contributed by atoms with E-state index in [1.165, 1.54) is 0 Å². The van der Waals surface area contributed by atoms with Crippen molar-refractivity contribution in [2.45, 2.75) is 19.1 Å². The highest BCUT2D eigenvalue weighted by atomic mass is 35.5. The standard InChI is InChI=1S/C19H17FN6O.ClH/c20-14-5-7-24(10-14)17-4-3-13(8-22-17)16-11-26-18(23-16)12-25(19(26)27)15-2-1-6-21-9-15;/h1-4,6,8-9,11,14H,5,7,10,12H2;1H/t14-;/m1./s1. The predicted octanol–water partition coefficient (Wildman–Crippen LogP) is 3.30. The van der Waals surface area contributed by atoms with E-state index >= 15 is 0 Å². The summed E-state index contributed by atoms with van der Waals surface area (Å²) < 4.78 is 14.9. The summed E-state index contributed by atoms with van der Waals surface area (Å²) in [4.78, 5) is 29.3. The number of alkyl halides is 1. The van der Waals surface area contributed by atoms with Crippen molar-refractivity contribution in [2.75, 3.05) is 22.9 Å². The van der Waals surface area contributed by atoms with Crippen molar-refractivity contribution in [1.82, 2.24) is 19.5 Å². The van der Waals surface area contributed by atoms with Crippen LogP contribution in [0.4, 0.5) is 20.7 Å². The average Bonchev–Trinajstić information content (AvgIpc) is 3.39. The molecular formula is C19H18ClFN6O. The average molecular weight is 401 g/mol. The van der Waals surface area contributed by atoms with Crippen molar-refractivity contribution in [1.29, 1.82) is 0 Å². The van der Waals surface area contributed by atoms with Crippen LogP contribution < -0.4 is 9.80 Å². The molecule has 2 aliphatic heterocycles. The van der Waals surface area contributed by atoms with Gasteiger partial charge in [-0.2, -0.15) is 0 Å². The van der Waals surface area contributed by atoms with Crippen molar-refractivity contribution in [2.24, 2.45) is 0 Å². The van der Waals surface area contributed by atoms with Crippen LogP contribution in [-0.4, -0.2) is 44.8 Å². The molecule has 3 aromatic heterocycles. The molecule has 0 saturated carbocycles. The Morgan fingerprint density at radius 1 is 1.18 bits per heavy atom. The van der Waals surface area contributed by atoms with Gasteiger partial charge in [0.25, 0.3) is 0 Å². The lowest BCUT2D eigenvalue weighted by molar-refractivity contribution is 0.251. The highest BCUT2D eigenvalue weighted by Gasteiger charge is 2.30. The molecule has 0 N–H and O–H groups in total. The van der Waals surface area contributed by atoms with Gasteiger partial charge in [-0.05, 0) is 30.7 Å². The van der Waals surface area contributed by atoms with Crippen LogP contribution >= 0.6 is 12.4 Å². The second kappa shape index (κ2) is 7.20. The van der Waals surface area contributed by atoms with Crippen molar-refractivity contribution in [3.05, 3.63) is 54.9 Å². The van der Waals surface area contributed by atoms with Crippen LogP contribution in [0.3, 0.4) is 0 Å². The lowest BCUT2D eigenvalue weighted by atomic mass is 10.2. The topological polar surface area (TPSA) is 67.2 Å². The normalized spacial score (nSPS) is 18.3. The molecule has 1 fully saturated rings. The molecule has 0 bridgehead atoms. The van der Waals surface area contributed by atoms with E-state index in [0.29, 0.717) is 37.6 Å². The molecule has 5 rings (SSSR count). The second-order valence-electron chi connectivity index (χ2n) is 6.73. The van der Waals surface area contributed by atoms with Crippen LogP contribution in [-0.2, 0) is 6.54 Å². The number of carbonyl (C=O) groups excluding carboxylic acids is 1. The minimum atomic E-state index is -0.781. The number of hydrogen-bond acceptors (Lipinski definition) is 5. The number of nitrogens with zero attached hydrogens (tertiary/aromatic N) is 6. The van der Waals surface area contributed by atoms with Crippen LogP contribution in [0.2, 0.25) is 0 Å². The van der Waals surface area contributed by atoms with E-state index < -0.39 is 6.17 Å². The van der Waals surface area contributed by atoms with Crippen molar-refractivity contribution in [3.63, 3.8) is 0 Å². The van der Waals surface area contributed by atoms with Gasteiger partial charge < -0.3 is 4.90 Å². The van der Waals surface area contributed by atoms with Crippen LogP contribution in [0.5, 0.6) is 0 Å². The van der Waals surface area contributed by atoms with Gasteiger partial charge >= 0.3 is 6.03 Å². The molecule has 1 amide bonds. The monoisotopic (exact) mass is 400 g/mol. The lowest BCUT2D eigenvalue weighted by Gasteiger charge is -2.16. The largest absolute Gasteiger partial charge is 0.354 e. The van der Waals surface area contributed by atoms with E-state index in [1.807, 2.05) is 23.1 Å². The minimum absolute atomic E-state index is 0. The summed E-state index contributed by atoms with van der Waals surface area (Å²) in [6, 6.07) is 7.29. The number of fused-ring (bicyclic) bond motifs is 1. The molecule has 1 atom stereocenters. The van der Waals surface area contributed by atoms with Gasteiger partial charge in [-0.15, -0.1) is 12.4 Å². The number of anilines is 2. The first-order chi connectivity index (χ1) is 13.2. The van der Waals surface area contributed by atoms with E-state index in [0.717, 1.165) is 17.1 Å². The van der Waals surface area contributed by atoms with Crippen LogP contribution in [0.25, 0.3) is 11.3 Å². The first-order valence-electron chi connectivity index (χ1n) is 8.84. The molecule has 2 aliphatic rings. The van der Waals surface area contributed by atoms with Gasteiger partial charge in [0.15, 0.2) is 0 Å². The van der Waals surface area contributed by atoms with Crippen LogP contribution in [0, 0.1) is 0 Å². The van der Waals surface area contributed by atoms with Gasteiger partial charge in [0.05, 0.1) is 30.7 Å². The third kappa shape index (κ3) is 3.09. The Morgan fingerprint density at radius 2 is 2.07 bits per heavy atom. The Labute approximate surface area is 167 Å². The van der Waals surface area contributed by atoms with E-state index in [-0.39, 0.29) is 18.4 Å². The zero-order valence-corrected chi connectivity index (χ0v) is 15.7. The molecule has 144 valence electrons. The van der Waals surface area contributed by atoms with E-state index in [9.17, 15) is 9.18 Å². The summed E-state index contributed by atoms with van der Waals surface area (Å²) in [6.07, 6.45) is 6.56. The van der Waals surface area contributed by atoms with Gasteiger partial charge in [-0.3, -0.25) is 14.5 Å². The molecule has 3 aromatic rings. The Kier molecular flexibility index (Phi) is 4.72. The Hall–Kier alpha value is -3.00. The molecule has 1 saturated heterocycles. The third-order valence-electron chi connectivity index (χ3n) is 4.97. The van der Waals surface area contributed by atoms with Crippen molar-refractivity contribution in [3.8, 4) is 11.3 Å². The van der Waals surface area contributed by atoms with Crippen LogP contribution in [0.15, 0.2) is 49.1 Å². The number of carbonyl (C=O) groups is 1. The molecule has 0 aromatic carbocycles. The molecule has 0 aliphatic carbocycles. The summed E-state index contributed by atoms with van der Waals surface area (Å²) in [5, 5.41) is 0. The van der Waals surface area contributed by atoms with Gasteiger partial charge in [0.1, 0.15) is 17.8 Å². The number of amides is 1. The Morgan fingerprint density at radius 3 is 2.71 bits per heavy atom. The first kappa shape index (κ1) is 18.4. The number of pyridine rings is 2. The van der Waals surface area contributed by atoms with E-state index in [1.54, 1.807) is 40.3 Å². The first-order valence-corrected chi connectivity index (χ1v) is 8.84. The van der Waals surface area contributed by atoms with Gasteiger partial charge in [-0.25, -0.2) is 19.2 Å². The maximum atomic E-state index is 13.4. The number of halogens is 2. The molecule has 0 spiro atoms. The predicted molar refractivity (Wildman–Crippen MR) is 106 cm³/mol. The van der Waals surface area contributed by atoms with Gasteiger partial charge in [0.2, 0.25) is 0 Å². The van der Waals surface area contributed by atoms with Crippen LogP contribution in [0.1, 0.15) is 12.2 Å². The summed E-state index contributed by atoms with van der Waals surface area (Å²) in [5.41, 5.74) is 2.28. The molecule has 28 heavy (non-hydrogen) atoms. The number of rotatable bonds is 3. The number of imidazole rings is 1. The quantitative estimate of drug-likeness (QED) is 0.674. The lowest BCUT2D eigenvalue weighted by Crippen LogP contribution is -2.25. The SMILES string of the molecule is Cl.O=C1N(c2cccnc2)Cc2nc(-c3ccc(N4CC[C@@H](F)C4)nc3)cn21. The highest BCUT2D eigenvalue weighted by molar-refractivity contribution is 5.96. The fourth-order valence-corrected chi connectivity index (χ4v) is 3.54. The molecule has 5 heterocycles. The summed E-state index contributed by atoms with van der Waals surface area (Å²) in [6.45, 7) is 1.48. The second-order valence-corrected chi connectivity index (χ2v) is 6.73. The molecule has 0 unspecified atom stereocenters. The summed E-state index contributed by atoms with van der Waals surface area (Å²) >= 11 is 0. The third-order valence-corrected chi connectivity index (χ3v) is 4.97. The van der Waals surface area contributed by atoms with Gasteiger partial charge in [-0.1, -0.05) is 0 Å². The fraction of sp³-hybridized carbons (Fsp3) is 0.263. The Bertz CT molecular complexity index is 993. The smallest absolute Gasteiger partial charge is 0.334 e.